The van der Waals surface area contributed by atoms with Crippen molar-refractivity contribution in [2.75, 3.05) is 11.9 Å². The molecule has 1 aromatic carbocycles. The molecule has 0 atom stereocenters. The first-order valence-corrected chi connectivity index (χ1v) is 7.21. The van der Waals surface area contributed by atoms with Crippen molar-refractivity contribution in [1.82, 2.24) is 9.38 Å². The average molecular weight is 281 g/mol. The fourth-order valence-corrected chi connectivity index (χ4v) is 2.38. The normalized spacial score (nSPS) is 10.9. The molecule has 108 valence electrons. The van der Waals surface area contributed by atoms with E-state index < -0.39 is 0 Å². The Kier molecular flexibility index (Phi) is 4.17. The van der Waals surface area contributed by atoms with Gasteiger partial charge < -0.3 is 14.8 Å². The van der Waals surface area contributed by atoms with Gasteiger partial charge in [0, 0.05) is 24.7 Å². The van der Waals surface area contributed by atoms with Gasteiger partial charge >= 0.3 is 0 Å². The van der Waals surface area contributed by atoms with Crippen molar-refractivity contribution in [3.63, 3.8) is 0 Å². The molecular weight excluding hydrogens is 262 g/mol. The van der Waals surface area contributed by atoms with Gasteiger partial charge in [-0.3, -0.25) is 0 Å². The van der Waals surface area contributed by atoms with Crippen LogP contribution in [0.5, 0.6) is 0 Å². The van der Waals surface area contributed by atoms with E-state index in [1.54, 1.807) is 0 Å². The van der Waals surface area contributed by atoms with Gasteiger partial charge in [-0.15, -0.1) is 0 Å². The summed E-state index contributed by atoms with van der Waals surface area (Å²) in [4.78, 5) is 4.57. The number of imidazole rings is 1. The Balaban J connectivity index is 1.66. The summed E-state index contributed by atoms with van der Waals surface area (Å²) in [6, 6.07) is 14.3. The van der Waals surface area contributed by atoms with Crippen molar-refractivity contribution in [2.24, 2.45) is 0 Å². The Labute approximate surface area is 124 Å². The Morgan fingerprint density at radius 3 is 2.95 bits per heavy atom. The number of benzene rings is 1. The summed E-state index contributed by atoms with van der Waals surface area (Å²) < 4.78 is 2.02. The summed E-state index contributed by atoms with van der Waals surface area (Å²) in [5.41, 5.74) is 4.31. The van der Waals surface area contributed by atoms with Gasteiger partial charge in [0.15, 0.2) is 0 Å². The van der Waals surface area contributed by atoms with Gasteiger partial charge in [-0.1, -0.05) is 18.2 Å². The highest BCUT2D eigenvalue weighted by atomic mass is 16.2. The zero-order chi connectivity index (χ0) is 14.5. The van der Waals surface area contributed by atoms with Gasteiger partial charge in [0.1, 0.15) is 5.65 Å². The van der Waals surface area contributed by atoms with Crippen LogP contribution in [0.3, 0.4) is 0 Å². The molecule has 4 nitrogen and oxygen atoms in total. The van der Waals surface area contributed by atoms with Crippen LogP contribution in [0.2, 0.25) is 0 Å². The largest absolute Gasteiger partial charge is 0.396 e. The number of fused-ring (bicyclic) bond motifs is 1. The molecule has 0 aliphatic carbocycles. The number of aryl methyl sites for hydroxylation is 1. The van der Waals surface area contributed by atoms with Crippen molar-refractivity contribution in [3.8, 4) is 0 Å². The van der Waals surface area contributed by atoms with Crippen molar-refractivity contribution in [2.45, 2.75) is 19.4 Å². The van der Waals surface area contributed by atoms with Gasteiger partial charge in [0.25, 0.3) is 0 Å². The zero-order valence-corrected chi connectivity index (χ0v) is 11.9. The molecule has 0 amide bonds. The van der Waals surface area contributed by atoms with Crippen molar-refractivity contribution < 1.29 is 5.11 Å². The number of pyridine rings is 1. The molecule has 3 aromatic rings. The third-order valence-electron chi connectivity index (χ3n) is 3.44. The molecule has 0 spiro atoms. The lowest BCUT2D eigenvalue weighted by Gasteiger charge is -2.06. The van der Waals surface area contributed by atoms with Crippen molar-refractivity contribution >= 4 is 11.3 Å². The lowest BCUT2D eigenvalue weighted by Crippen LogP contribution is -2.00. The maximum atomic E-state index is 8.89. The first kappa shape index (κ1) is 13.6. The first-order chi connectivity index (χ1) is 10.3. The van der Waals surface area contributed by atoms with Crippen LogP contribution in [0, 0.1) is 0 Å². The Morgan fingerprint density at radius 2 is 2.10 bits per heavy atom. The lowest BCUT2D eigenvalue weighted by atomic mass is 10.1. The molecule has 0 unspecified atom stereocenters. The molecule has 2 N–H and O–H groups in total. The van der Waals surface area contributed by atoms with E-state index in [0.717, 1.165) is 29.9 Å². The predicted molar refractivity (Wildman–Crippen MR) is 84.4 cm³/mol. The smallest absolute Gasteiger partial charge is 0.137 e. The van der Waals surface area contributed by atoms with E-state index >= 15 is 0 Å². The summed E-state index contributed by atoms with van der Waals surface area (Å²) in [5, 5.41) is 12.3. The lowest BCUT2D eigenvalue weighted by molar-refractivity contribution is 0.288. The predicted octanol–water partition coefficient (Wildman–Crippen LogP) is 2.87. The number of hydrogen-bond donors (Lipinski definition) is 2. The number of rotatable bonds is 6. The highest BCUT2D eigenvalue weighted by Crippen LogP contribution is 2.14. The molecule has 0 fully saturated rings. The highest BCUT2D eigenvalue weighted by molar-refractivity contribution is 5.47. The number of aliphatic hydroxyl groups is 1. The molecule has 0 aliphatic rings. The number of aromatic nitrogens is 2. The van der Waals surface area contributed by atoms with E-state index in [1.165, 1.54) is 5.56 Å². The van der Waals surface area contributed by atoms with E-state index in [2.05, 4.69) is 28.5 Å². The maximum Gasteiger partial charge on any atom is 0.137 e. The molecule has 3 rings (SSSR count). The second-order valence-corrected chi connectivity index (χ2v) is 5.08. The summed E-state index contributed by atoms with van der Waals surface area (Å²) in [7, 11) is 0. The average Bonchev–Trinajstić information content (AvgIpc) is 2.94. The van der Waals surface area contributed by atoms with Crippen molar-refractivity contribution in [3.05, 3.63) is 66.1 Å². The minimum absolute atomic E-state index is 0.235. The third kappa shape index (κ3) is 3.41. The molecular formula is C17H19N3O. The van der Waals surface area contributed by atoms with Crippen LogP contribution in [-0.4, -0.2) is 21.1 Å². The quantitative estimate of drug-likeness (QED) is 0.730. The summed E-state index contributed by atoms with van der Waals surface area (Å²) in [6.45, 7) is 0.935. The van der Waals surface area contributed by atoms with E-state index in [-0.39, 0.29) is 6.61 Å². The second-order valence-electron chi connectivity index (χ2n) is 5.08. The number of anilines is 1. The van der Waals surface area contributed by atoms with Crippen LogP contribution in [-0.2, 0) is 13.0 Å². The summed E-state index contributed by atoms with van der Waals surface area (Å²) >= 11 is 0. The zero-order valence-electron chi connectivity index (χ0n) is 11.9. The topological polar surface area (TPSA) is 49.6 Å². The van der Waals surface area contributed by atoms with Gasteiger partial charge in [-0.05, 0) is 42.7 Å². The monoisotopic (exact) mass is 281 g/mol. The van der Waals surface area contributed by atoms with Gasteiger partial charge in [-0.2, -0.15) is 0 Å². The third-order valence-corrected chi connectivity index (χ3v) is 3.44. The molecule has 0 bridgehead atoms. The number of aliphatic hydroxyl groups excluding tert-OH is 1. The number of nitrogens with zero attached hydrogens (tertiary/aromatic N) is 2. The fourth-order valence-electron chi connectivity index (χ4n) is 2.38. The second kappa shape index (κ2) is 6.41. The molecule has 0 aliphatic heterocycles. The summed E-state index contributed by atoms with van der Waals surface area (Å²) in [5.74, 6) is 0. The molecule has 0 saturated carbocycles. The minimum atomic E-state index is 0.235. The van der Waals surface area contributed by atoms with Gasteiger partial charge in [0.2, 0.25) is 0 Å². The number of hydrogen-bond acceptors (Lipinski definition) is 3. The van der Waals surface area contributed by atoms with Crippen LogP contribution in [0.25, 0.3) is 5.65 Å². The highest BCUT2D eigenvalue weighted by Gasteiger charge is 2.01. The standard InChI is InChI=1S/C17H19N3O/c21-10-4-6-14-5-3-7-15(11-14)18-12-16-13-20-9-2-1-8-17(20)19-16/h1-3,5,7-9,11,13,18,21H,4,6,10,12H2. The molecule has 0 radical (unpaired) electrons. The maximum absolute atomic E-state index is 8.89. The Hall–Kier alpha value is -2.33. The van der Waals surface area contributed by atoms with Crippen LogP contribution < -0.4 is 5.32 Å². The molecule has 2 aromatic heterocycles. The molecule has 0 saturated heterocycles. The molecule has 4 heteroatoms. The molecule has 21 heavy (non-hydrogen) atoms. The SMILES string of the molecule is OCCCc1cccc(NCc2cn3ccccc3n2)c1. The number of nitrogens with one attached hydrogen (secondary N) is 1. The van der Waals surface area contributed by atoms with Gasteiger partial charge in [-0.25, -0.2) is 4.98 Å². The van der Waals surface area contributed by atoms with E-state index in [1.807, 2.05) is 41.1 Å². The van der Waals surface area contributed by atoms with Crippen LogP contribution >= 0.6 is 0 Å². The van der Waals surface area contributed by atoms with E-state index in [4.69, 9.17) is 5.11 Å². The Morgan fingerprint density at radius 1 is 1.14 bits per heavy atom. The van der Waals surface area contributed by atoms with Crippen molar-refractivity contribution in [1.29, 1.82) is 0 Å². The van der Waals surface area contributed by atoms with Gasteiger partial charge in [0.05, 0.1) is 12.2 Å². The Bertz CT molecular complexity index is 688. The first-order valence-electron chi connectivity index (χ1n) is 7.21. The fraction of sp³-hybridized carbons (Fsp3) is 0.235. The van der Waals surface area contributed by atoms with E-state index in [9.17, 15) is 0 Å². The van der Waals surface area contributed by atoms with E-state index in [0.29, 0.717) is 6.54 Å². The van der Waals surface area contributed by atoms with Crippen LogP contribution in [0.15, 0.2) is 54.9 Å². The van der Waals surface area contributed by atoms with Crippen LogP contribution in [0.1, 0.15) is 17.7 Å². The molecule has 2 heterocycles. The summed E-state index contributed by atoms with van der Waals surface area (Å²) in [6.07, 6.45) is 5.75. The van der Waals surface area contributed by atoms with Crippen LogP contribution in [0.4, 0.5) is 5.69 Å². The minimum Gasteiger partial charge on any atom is -0.396 e.